The van der Waals surface area contributed by atoms with E-state index in [-0.39, 0.29) is 29.5 Å². The Bertz CT molecular complexity index is 1770. The van der Waals surface area contributed by atoms with E-state index in [9.17, 15) is 29.4 Å². The Hall–Kier alpha value is -4.83. The number of aliphatic hydroxyl groups excluding tert-OH is 2. The molecule has 16 nitrogen and oxygen atoms in total. The minimum absolute atomic E-state index is 0.00157. The van der Waals surface area contributed by atoms with Gasteiger partial charge < -0.3 is 29.2 Å². The Morgan fingerprint density at radius 1 is 0.938 bits per heavy atom. The summed E-state index contributed by atoms with van der Waals surface area (Å²) in [5.74, 6) is -0.671. The van der Waals surface area contributed by atoms with Crippen LogP contribution in [0, 0.1) is 0 Å². The molecule has 1 aliphatic rings. The Morgan fingerprint density at radius 3 is 2.02 bits per heavy atom. The van der Waals surface area contributed by atoms with E-state index in [0.29, 0.717) is 16.2 Å². The van der Waals surface area contributed by atoms with Gasteiger partial charge in [0.1, 0.15) is 29.1 Å². The lowest BCUT2D eigenvalue weighted by Gasteiger charge is -2.29. The van der Waals surface area contributed by atoms with Gasteiger partial charge in [0.05, 0.1) is 26.3 Å². The number of imide groups is 1. The Labute approximate surface area is 277 Å². The average Bonchev–Trinajstić information content (AvgIpc) is 2.94. The zero-order valence-corrected chi connectivity index (χ0v) is 28.9. The van der Waals surface area contributed by atoms with Crippen LogP contribution in [0.1, 0.15) is 67.9 Å². The molecule has 1 aliphatic heterocycles. The number of carbonyl (C=O) groups is 3. The highest BCUT2D eigenvalue weighted by atomic mass is 16.6. The first kappa shape index (κ1) is 36.0. The number of amides is 3. The van der Waals surface area contributed by atoms with Gasteiger partial charge in [-0.15, -0.1) is 0 Å². The van der Waals surface area contributed by atoms with Crippen LogP contribution < -0.4 is 24.8 Å². The van der Waals surface area contributed by atoms with Gasteiger partial charge in [-0.05, 0) is 68.4 Å². The highest BCUT2D eigenvalue weighted by Crippen LogP contribution is 2.36. The topological polar surface area (TPSA) is 187 Å². The maximum atomic E-state index is 13.8. The van der Waals surface area contributed by atoms with Gasteiger partial charge in [-0.3, -0.25) is 4.57 Å². The summed E-state index contributed by atoms with van der Waals surface area (Å²) in [6.07, 6.45) is -4.65. The van der Waals surface area contributed by atoms with Crippen LogP contribution in [0.2, 0.25) is 0 Å². The van der Waals surface area contributed by atoms with Gasteiger partial charge >= 0.3 is 29.9 Å². The number of anilines is 2. The van der Waals surface area contributed by atoms with Crippen molar-refractivity contribution in [1.29, 1.82) is 0 Å². The number of nitrogens with zero attached hydrogens (tertiary/aromatic N) is 6. The molecule has 0 saturated carbocycles. The molecule has 0 radical (unpaired) electrons. The maximum absolute atomic E-state index is 13.8. The number of aliphatic hydroxyl groups is 2. The third-order valence-corrected chi connectivity index (χ3v) is 6.49. The Balaban J connectivity index is 2.19. The molecule has 1 aromatic carbocycles. The van der Waals surface area contributed by atoms with E-state index in [2.05, 4.69) is 4.98 Å². The second-order valence-electron chi connectivity index (χ2n) is 14.2. The van der Waals surface area contributed by atoms with Gasteiger partial charge in [0.15, 0.2) is 11.2 Å². The molecule has 4 rings (SSSR count). The molecule has 48 heavy (non-hydrogen) atoms. The fourth-order valence-electron chi connectivity index (χ4n) is 4.63. The zero-order chi connectivity index (χ0) is 35.9. The number of aromatic nitrogens is 4. The van der Waals surface area contributed by atoms with Crippen LogP contribution >= 0.6 is 0 Å². The predicted molar refractivity (Wildman–Crippen MR) is 172 cm³/mol. The Kier molecular flexibility index (Phi) is 9.75. The van der Waals surface area contributed by atoms with Crippen LogP contribution in [0.3, 0.4) is 0 Å². The van der Waals surface area contributed by atoms with Crippen molar-refractivity contribution in [3.8, 4) is 11.6 Å². The van der Waals surface area contributed by atoms with E-state index in [1.165, 1.54) is 11.6 Å². The summed E-state index contributed by atoms with van der Waals surface area (Å²) in [5, 5.41) is 19.9. The van der Waals surface area contributed by atoms with Crippen LogP contribution in [-0.2, 0) is 27.4 Å². The maximum Gasteiger partial charge on any atom is 0.479 e. The number of fused-ring (bicyclic) bond motifs is 5. The second-order valence-corrected chi connectivity index (χ2v) is 14.2. The smallest absolute Gasteiger partial charge is 0.462 e. The third-order valence-electron chi connectivity index (χ3n) is 6.49. The summed E-state index contributed by atoms with van der Waals surface area (Å²) in [4.78, 5) is 65.1. The number of benzene rings is 1. The summed E-state index contributed by atoms with van der Waals surface area (Å²) < 4.78 is 25.4. The van der Waals surface area contributed by atoms with Crippen molar-refractivity contribution in [3.63, 3.8) is 0 Å². The molecule has 1 unspecified atom stereocenters. The minimum Gasteiger partial charge on any atom is -0.462 e. The van der Waals surface area contributed by atoms with E-state index >= 15 is 0 Å². The monoisotopic (exact) mass is 671 g/mol. The van der Waals surface area contributed by atoms with Crippen molar-refractivity contribution < 1.29 is 48.1 Å². The molecular weight excluding hydrogens is 628 g/mol. The minimum atomic E-state index is -1.44. The highest BCUT2D eigenvalue weighted by Gasteiger charge is 2.42. The largest absolute Gasteiger partial charge is 0.479 e. The van der Waals surface area contributed by atoms with Crippen LogP contribution in [0.15, 0.2) is 29.1 Å². The fourth-order valence-corrected chi connectivity index (χ4v) is 4.63. The van der Waals surface area contributed by atoms with Crippen molar-refractivity contribution >= 4 is 41.1 Å². The quantitative estimate of drug-likeness (QED) is 0.298. The standard InChI is InChI=1S/C32H43N6O10/c1-30(2,3)46-27(42)35(10)25-33-22-21(24-37(25)20-14-12-11-13-18(20)17-45-24)23(34-26(41)36(22)15-19(40)16-39)38(28(43)47-31(4,5)6)29(44)48-32(7,8)9/h11-14,19,39-40H,15-17H2,1-10H3/q+1. The van der Waals surface area contributed by atoms with Crippen molar-refractivity contribution in [2.75, 3.05) is 23.5 Å². The van der Waals surface area contributed by atoms with E-state index in [4.69, 9.17) is 23.9 Å². The van der Waals surface area contributed by atoms with Gasteiger partial charge in [0.2, 0.25) is 5.65 Å². The normalized spacial score (nSPS) is 13.5. The molecule has 0 fully saturated rings. The second kappa shape index (κ2) is 13.0. The van der Waals surface area contributed by atoms with Gasteiger partial charge in [0, 0.05) is 5.56 Å². The van der Waals surface area contributed by atoms with Crippen LogP contribution in [0.5, 0.6) is 5.88 Å². The predicted octanol–water partition coefficient (Wildman–Crippen LogP) is 3.36. The van der Waals surface area contributed by atoms with E-state index in [0.717, 1.165) is 9.47 Å². The molecule has 0 spiro atoms. The first-order valence-electron chi connectivity index (χ1n) is 15.2. The van der Waals surface area contributed by atoms with E-state index in [1.807, 2.05) is 0 Å². The SMILES string of the molecule is CN(C(=O)OC(C)(C)C)c1nc2c(c(N(C(=O)OC(C)(C)C)C(=O)OC(C)(C)C)nc(=O)n2CC(O)CO)c2[n+]1-c1ccccc1CO2. The lowest BCUT2D eigenvalue weighted by Crippen LogP contribution is -2.49. The number of carbonyl (C=O) groups excluding carboxylic acids is 3. The molecule has 16 heteroatoms. The lowest BCUT2D eigenvalue weighted by molar-refractivity contribution is -0.596. The molecule has 0 saturated heterocycles. The molecule has 1 atom stereocenters. The number of rotatable bonds is 5. The first-order valence-corrected chi connectivity index (χ1v) is 15.2. The molecule has 3 aromatic rings. The zero-order valence-electron chi connectivity index (χ0n) is 28.9. The lowest BCUT2D eigenvalue weighted by atomic mass is 10.1. The molecule has 0 aliphatic carbocycles. The van der Waals surface area contributed by atoms with Gasteiger partial charge in [-0.2, -0.15) is 19.4 Å². The molecule has 2 aromatic heterocycles. The summed E-state index contributed by atoms with van der Waals surface area (Å²) in [5.41, 5.74) is -3.12. The van der Waals surface area contributed by atoms with Gasteiger partial charge in [-0.25, -0.2) is 19.2 Å². The summed E-state index contributed by atoms with van der Waals surface area (Å²) in [7, 11) is 1.41. The van der Waals surface area contributed by atoms with Crippen LogP contribution in [0.4, 0.5) is 26.1 Å². The van der Waals surface area contributed by atoms with Gasteiger partial charge in [-0.1, -0.05) is 23.2 Å². The molecule has 3 amide bonds. The van der Waals surface area contributed by atoms with Crippen molar-refractivity contribution in [1.82, 2.24) is 14.5 Å². The average molecular weight is 672 g/mol. The van der Waals surface area contributed by atoms with Crippen molar-refractivity contribution in [2.24, 2.45) is 0 Å². The summed E-state index contributed by atoms with van der Waals surface area (Å²) in [6.45, 7) is 13.4. The van der Waals surface area contributed by atoms with Crippen LogP contribution in [-0.4, -0.2) is 79.6 Å². The number of ether oxygens (including phenoxy) is 4. The molecule has 0 bridgehead atoms. The number of para-hydroxylation sites is 1. The van der Waals surface area contributed by atoms with E-state index < -0.39 is 65.8 Å². The van der Waals surface area contributed by atoms with Crippen molar-refractivity contribution in [2.45, 2.75) is 98.4 Å². The van der Waals surface area contributed by atoms with Crippen LogP contribution in [0.25, 0.3) is 16.7 Å². The number of hydrogen-bond donors (Lipinski definition) is 2. The molecular formula is C32H43N6O10+. The summed E-state index contributed by atoms with van der Waals surface area (Å²) in [6, 6.07) is 7.11. The molecule has 3 heterocycles. The Morgan fingerprint density at radius 2 is 1.48 bits per heavy atom. The third kappa shape index (κ3) is 7.82. The highest BCUT2D eigenvalue weighted by molar-refractivity contribution is 6.14. The first-order chi connectivity index (χ1) is 22.1. The van der Waals surface area contributed by atoms with Gasteiger partial charge in [0.25, 0.3) is 5.88 Å². The van der Waals surface area contributed by atoms with E-state index in [1.54, 1.807) is 86.6 Å². The molecule has 2 N–H and O–H groups in total. The fraction of sp³-hybridized carbons (Fsp3) is 0.531. The molecule has 260 valence electrons. The van der Waals surface area contributed by atoms with Crippen molar-refractivity contribution in [3.05, 3.63) is 40.3 Å². The summed E-state index contributed by atoms with van der Waals surface area (Å²) >= 11 is 0. The number of hydrogen-bond acceptors (Lipinski definition) is 12.